The summed E-state index contributed by atoms with van der Waals surface area (Å²) in [5, 5.41) is 0. The van der Waals surface area contributed by atoms with Crippen LogP contribution in [0.2, 0.25) is 0 Å². The Kier molecular flexibility index (Phi) is 6.64. The molecule has 4 heteroatoms. The van der Waals surface area contributed by atoms with E-state index in [2.05, 4.69) is 43.7 Å². The molecule has 0 N–H and O–H groups in total. The zero-order chi connectivity index (χ0) is 17.7. The number of hydrogen-bond donors (Lipinski definition) is 0. The number of aromatic nitrogens is 1. The Morgan fingerprint density at radius 3 is 2.54 bits per heavy atom. The first kappa shape index (κ1) is 18.8. The lowest BCUT2D eigenvalue weighted by Gasteiger charge is -2.31. The molecule has 0 aromatic carbocycles. The topological polar surface area (TPSA) is 37.7 Å². The second-order valence-corrected chi connectivity index (χ2v) is 7.43. The van der Waals surface area contributed by atoms with Crippen LogP contribution < -0.4 is 4.74 Å². The Balaban J connectivity index is 2.02. The van der Waals surface area contributed by atoms with E-state index >= 15 is 0 Å². The number of aliphatic imine (C=N–C) groups is 1. The molecule has 1 fully saturated rings. The maximum absolute atomic E-state index is 6.22. The van der Waals surface area contributed by atoms with Crippen molar-refractivity contribution in [2.24, 2.45) is 16.8 Å². The van der Waals surface area contributed by atoms with E-state index in [1.54, 1.807) is 0 Å². The monoisotopic (exact) mass is 331 g/mol. The van der Waals surface area contributed by atoms with Gasteiger partial charge >= 0.3 is 0 Å². The van der Waals surface area contributed by atoms with Crippen LogP contribution in [0, 0.1) is 25.7 Å². The number of pyridine rings is 1. The number of rotatable bonds is 6. The molecule has 1 heterocycles. The van der Waals surface area contributed by atoms with Crippen LogP contribution in [0.5, 0.6) is 5.88 Å². The Labute approximate surface area is 147 Å². The van der Waals surface area contributed by atoms with E-state index in [0.29, 0.717) is 6.10 Å². The SMILES string of the molecule is CCN(C)C=Nc1cc(C)c(OC2CCC(C(C)C)CC2)nc1C. The zero-order valence-corrected chi connectivity index (χ0v) is 16.2. The quantitative estimate of drug-likeness (QED) is 0.549. The lowest BCUT2D eigenvalue weighted by atomic mass is 9.80. The summed E-state index contributed by atoms with van der Waals surface area (Å²) in [5.74, 6) is 2.42. The van der Waals surface area contributed by atoms with Gasteiger partial charge in [0.2, 0.25) is 5.88 Å². The molecule has 134 valence electrons. The van der Waals surface area contributed by atoms with Gasteiger partial charge in [-0.3, -0.25) is 0 Å². The summed E-state index contributed by atoms with van der Waals surface area (Å²) in [4.78, 5) is 11.3. The van der Waals surface area contributed by atoms with Gasteiger partial charge in [0.15, 0.2) is 0 Å². The van der Waals surface area contributed by atoms with Crippen molar-refractivity contribution in [3.63, 3.8) is 0 Å². The average Bonchev–Trinajstić information content (AvgIpc) is 2.56. The lowest BCUT2D eigenvalue weighted by Crippen LogP contribution is -2.26. The van der Waals surface area contributed by atoms with Crippen LogP contribution in [0.3, 0.4) is 0 Å². The smallest absolute Gasteiger partial charge is 0.216 e. The molecule has 0 aliphatic heterocycles. The fourth-order valence-corrected chi connectivity index (χ4v) is 3.19. The second-order valence-electron chi connectivity index (χ2n) is 7.43. The highest BCUT2D eigenvalue weighted by Gasteiger charge is 2.25. The molecule has 24 heavy (non-hydrogen) atoms. The summed E-state index contributed by atoms with van der Waals surface area (Å²) < 4.78 is 6.22. The summed E-state index contributed by atoms with van der Waals surface area (Å²) in [6.45, 7) is 11.8. The second kappa shape index (κ2) is 8.50. The number of ether oxygens (including phenoxy) is 1. The molecule has 1 saturated carbocycles. The van der Waals surface area contributed by atoms with Crippen LogP contribution in [-0.2, 0) is 0 Å². The van der Waals surface area contributed by atoms with Gasteiger partial charge in [0.1, 0.15) is 6.10 Å². The van der Waals surface area contributed by atoms with E-state index in [4.69, 9.17) is 4.74 Å². The van der Waals surface area contributed by atoms with Crippen molar-refractivity contribution in [2.45, 2.75) is 66.4 Å². The van der Waals surface area contributed by atoms with Crippen molar-refractivity contribution in [3.8, 4) is 5.88 Å². The van der Waals surface area contributed by atoms with Gasteiger partial charge in [-0.05, 0) is 64.4 Å². The lowest BCUT2D eigenvalue weighted by molar-refractivity contribution is 0.111. The predicted molar refractivity (Wildman–Crippen MR) is 101 cm³/mol. The van der Waals surface area contributed by atoms with Gasteiger partial charge < -0.3 is 9.64 Å². The molecular formula is C20H33N3O. The summed E-state index contributed by atoms with van der Waals surface area (Å²) >= 11 is 0. The van der Waals surface area contributed by atoms with Crippen molar-refractivity contribution < 1.29 is 4.74 Å². The highest BCUT2D eigenvalue weighted by molar-refractivity contribution is 5.62. The summed E-state index contributed by atoms with van der Waals surface area (Å²) in [7, 11) is 2.02. The average molecular weight is 332 g/mol. The van der Waals surface area contributed by atoms with Crippen LogP contribution in [0.15, 0.2) is 11.1 Å². The third kappa shape index (κ3) is 4.96. The Bertz CT molecular complexity index is 560. The highest BCUT2D eigenvalue weighted by Crippen LogP contribution is 2.33. The first-order chi connectivity index (χ1) is 11.4. The fraction of sp³-hybridized carbons (Fsp3) is 0.700. The third-order valence-electron chi connectivity index (χ3n) is 5.16. The zero-order valence-electron chi connectivity index (χ0n) is 16.2. The van der Waals surface area contributed by atoms with Gasteiger partial charge in [0, 0.05) is 19.2 Å². The number of nitrogens with zero attached hydrogens (tertiary/aromatic N) is 3. The molecule has 1 aliphatic carbocycles. The molecule has 0 bridgehead atoms. The molecule has 2 rings (SSSR count). The van der Waals surface area contributed by atoms with Gasteiger partial charge in [0.05, 0.1) is 17.7 Å². The standard InChI is InChI=1S/C20H33N3O/c1-7-23(6)13-21-19-12-15(4)20(22-16(19)5)24-18-10-8-17(9-11-18)14(2)3/h12-14,17-18H,7-11H2,1-6H3. The van der Waals surface area contributed by atoms with Gasteiger partial charge in [0.25, 0.3) is 0 Å². The molecule has 0 saturated heterocycles. The first-order valence-corrected chi connectivity index (χ1v) is 9.30. The van der Waals surface area contributed by atoms with Crippen molar-refractivity contribution in [2.75, 3.05) is 13.6 Å². The maximum Gasteiger partial charge on any atom is 0.216 e. The Hall–Kier alpha value is -1.58. The summed E-state index contributed by atoms with van der Waals surface area (Å²) in [6, 6.07) is 2.08. The van der Waals surface area contributed by atoms with Crippen molar-refractivity contribution in [1.29, 1.82) is 0 Å². The minimum atomic E-state index is 0.311. The van der Waals surface area contributed by atoms with Crippen LogP contribution >= 0.6 is 0 Å². The van der Waals surface area contributed by atoms with E-state index in [1.165, 1.54) is 12.8 Å². The van der Waals surface area contributed by atoms with E-state index in [1.807, 2.05) is 25.2 Å². The van der Waals surface area contributed by atoms with E-state index in [0.717, 1.165) is 54.0 Å². The largest absolute Gasteiger partial charge is 0.474 e. The molecule has 0 amide bonds. The van der Waals surface area contributed by atoms with Crippen LogP contribution in [0.25, 0.3) is 0 Å². The first-order valence-electron chi connectivity index (χ1n) is 9.30. The molecule has 1 aromatic heterocycles. The molecule has 4 nitrogen and oxygen atoms in total. The van der Waals surface area contributed by atoms with E-state index in [-0.39, 0.29) is 0 Å². The Morgan fingerprint density at radius 1 is 1.29 bits per heavy atom. The molecule has 0 unspecified atom stereocenters. The minimum Gasteiger partial charge on any atom is -0.474 e. The van der Waals surface area contributed by atoms with E-state index in [9.17, 15) is 0 Å². The fourth-order valence-electron chi connectivity index (χ4n) is 3.19. The van der Waals surface area contributed by atoms with E-state index < -0.39 is 0 Å². The third-order valence-corrected chi connectivity index (χ3v) is 5.16. The molecular weight excluding hydrogens is 298 g/mol. The number of aryl methyl sites for hydroxylation is 2. The maximum atomic E-state index is 6.22. The van der Waals surface area contributed by atoms with Gasteiger partial charge in [-0.15, -0.1) is 0 Å². The van der Waals surface area contributed by atoms with Crippen molar-refractivity contribution >= 4 is 12.0 Å². The molecule has 0 radical (unpaired) electrons. The minimum absolute atomic E-state index is 0.311. The predicted octanol–water partition coefficient (Wildman–Crippen LogP) is 4.90. The van der Waals surface area contributed by atoms with Crippen LogP contribution in [0.4, 0.5) is 5.69 Å². The normalized spacial score (nSPS) is 21.5. The van der Waals surface area contributed by atoms with Crippen molar-refractivity contribution in [3.05, 3.63) is 17.3 Å². The molecule has 1 aliphatic rings. The van der Waals surface area contributed by atoms with Crippen molar-refractivity contribution in [1.82, 2.24) is 9.88 Å². The molecule has 0 atom stereocenters. The molecule has 0 spiro atoms. The van der Waals surface area contributed by atoms with Gasteiger partial charge in [-0.1, -0.05) is 13.8 Å². The number of hydrogen-bond acceptors (Lipinski definition) is 3. The van der Waals surface area contributed by atoms with Crippen LogP contribution in [-0.4, -0.2) is 35.9 Å². The summed E-state index contributed by atoms with van der Waals surface area (Å²) in [6.07, 6.45) is 7.00. The Morgan fingerprint density at radius 2 is 1.96 bits per heavy atom. The van der Waals surface area contributed by atoms with Gasteiger partial charge in [-0.2, -0.15) is 0 Å². The highest BCUT2D eigenvalue weighted by atomic mass is 16.5. The van der Waals surface area contributed by atoms with Gasteiger partial charge in [-0.25, -0.2) is 9.98 Å². The summed E-state index contributed by atoms with van der Waals surface area (Å²) in [5.41, 5.74) is 2.91. The molecule has 1 aromatic rings. The van der Waals surface area contributed by atoms with Crippen LogP contribution in [0.1, 0.15) is 57.7 Å².